The number of aliphatic imine (C=N–C) groups is 1. The molecular weight excluding hydrogens is 184 g/mol. The molecule has 15 heavy (non-hydrogen) atoms. The molecule has 0 aromatic rings. The summed E-state index contributed by atoms with van der Waals surface area (Å²) in [7, 11) is 2.13. The van der Waals surface area contributed by atoms with Crippen molar-refractivity contribution >= 4 is 5.84 Å². The zero-order valence-corrected chi connectivity index (χ0v) is 10.1. The highest BCUT2D eigenvalue weighted by molar-refractivity contribution is 5.87. The molecule has 1 aliphatic carbocycles. The van der Waals surface area contributed by atoms with Crippen LogP contribution in [-0.4, -0.2) is 23.3 Å². The van der Waals surface area contributed by atoms with Crippen molar-refractivity contribution in [3.8, 4) is 0 Å². The Morgan fingerprint density at radius 1 is 1.40 bits per heavy atom. The molecule has 0 N–H and O–H groups in total. The second kappa shape index (κ2) is 3.99. The fraction of sp³-hybridized carbons (Fsp3) is 0.769. The van der Waals surface area contributed by atoms with Crippen molar-refractivity contribution in [2.75, 3.05) is 7.05 Å². The van der Waals surface area contributed by atoms with Crippen LogP contribution in [0.1, 0.15) is 51.9 Å². The van der Waals surface area contributed by atoms with Gasteiger partial charge in [0.1, 0.15) is 11.4 Å². The van der Waals surface area contributed by atoms with Gasteiger partial charge in [0.2, 0.25) is 0 Å². The summed E-state index contributed by atoms with van der Waals surface area (Å²) in [5.41, 5.74) is 1.35. The molecule has 0 bridgehead atoms. The van der Waals surface area contributed by atoms with Crippen LogP contribution in [0.5, 0.6) is 0 Å². The fourth-order valence-corrected chi connectivity index (χ4v) is 2.77. The summed E-state index contributed by atoms with van der Waals surface area (Å²) < 4.78 is 0. The van der Waals surface area contributed by atoms with Crippen LogP contribution in [0, 0.1) is 0 Å². The van der Waals surface area contributed by atoms with Gasteiger partial charge in [0.15, 0.2) is 0 Å². The average Bonchev–Trinajstić information content (AvgIpc) is 2.79. The smallest absolute Gasteiger partial charge is 0.104 e. The third-order valence-corrected chi connectivity index (χ3v) is 3.86. The third-order valence-electron chi connectivity index (χ3n) is 3.86. The topological polar surface area (TPSA) is 15.6 Å². The minimum Gasteiger partial charge on any atom is -0.335 e. The lowest BCUT2D eigenvalue weighted by Crippen LogP contribution is -2.27. The summed E-state index contributed by atoms with van der Waals surface area (Å²) in [5.74, 6) is 1.27. The summed E-state index contributed by atoms with van der Waals surface area (Å²) >= 11 is 0. The minimum absolute atomic E-state index is 0.109. The third kappa shape index (κ3) is 1.70. The highest BCUT2D eigenvalue weighted by Gasteiger charge is 2.43. The normalized spacial score (nSPS) is 24.0. The van der Waals surface area contributed by atoms with Crippen LogP contribution in [-0.2, 0) is 0 Å². The Morgan fingerprint density at radius 3 is 2.67 bits per heavy atom. The molecule has 1 aliphatic heterocycles. The summed E-state index contributed by atoms with van der Waals surface area (Å²) in [4.78, 5) is 7.20. The van der Waals surface area contributed by atoms with Crippen molar-refractivity contribution in [3.05, 3.63) is 12.3 Å². The first-order valence-electron chi connectivity index (χ1n) is 6.21. The van der Waals surface area contributed by atoms with Gasteiger partial charge in [0.25, 0.3) is 0 Å². The largest absolute Gasteiger partial charge is 0.335 e. The second-order valence-electron chi connectivity index (χ2n) is 4.88. The van der Waals surface area contributed by atoms with Gasteiger partial charge in [-0.05, 0) is 19.3 Å². The van der Waals surface area contributed by atoms with E-state index in [9.17, 15) is 0 Å². The van der Waals surface area contributed by atoms with Crippen molar-refractivity contribution in [1.82, 2.24) is 4.90 Å². The van der Waals surface area contributed by atoms with Gasteiger partial charge < -0.3 is 4.90 Å². The molecule has 0 saturated heterocycles. The quantitative estimate of drug-likeness (QED) is 0.691. The van der Waals surface area contributed by atoms with Crippen molar-refractivity contribution < 1.29 is 0 Å². The Kier molecular flexibility index (Phi) is 2.85. The van der Waals surface area contributed by atoms with Gasteiger partial charge >= 0.3 is 0 Å². The highest BCUT2D eigenvalue weighted by atomic mass is 15.3. The molecule has 2 nitrogen and oxygen atoms in total. The Labute approximate surface area is 93.1 Å². The van der Waals surface area contributed by atoms with Crippen LogP contribution < -0.4 is 0 Å². The van der Waals surface area contributed by atoms with E-state index in [0.717, 1.165) is 6.42 Å². The second-order valence-corrected chi connectivity index (χ2v) is 4.88. The monoisotopic (exact) mass is 206 g/mol. The molecule has 0 unspecified atom stereocenters. The number of nitrogens with zero attached hydrogens (tertiary/aromatic N) is 2. The summed E-state index contributed by atoms with van der Waals surface area (Å²) in [6.45, 7) is 6.47. The molecule has 2 aliphatic rings. The van der Waals surface area contributed by atoms with Crippen LogP contribution >= 0.6 is 0 Å². The van der Waals surface area contributed by atoms with E-state index in [1.54, 1.807) is 0 Å². The molecule has 1 fully saturated rings. The zero-order chi connectivity index (χ0) is 10.9. The number of hydrogen-bond donors (Lipinski definition) is 0. The first-order chi connectivity index (χ1) is 7.19. The van der Waals surface area contributed by atoms with Crippen molar-refractivity contribution in [3.63, 3.8) is 0 Å². The molecule has 0 amide bonds. The molecule has 2 heteroatoms. The van der Waals surface area contributed by atoms with Crippen molar-refractivity contribution in [2.45, 2.75) is 57.4 Å². The molecule has 84 valence electrons. The van der Waals surface area contributed by atoms with Gasteiger partial charge in [-0.3, -0.25) is 4.99 Å². The molecule has 0 atom stereocenters. The van der Waals surface area contributed by atoms with E-state index >= 15 is 0 Å². The molecular formula is C13H22N2. The zero-order valence-electron chi connectivity index (χ0n) is 10.1. The predicted octanol–water partition coefficient (Wildman–Crippen LogP) is 3.35. The van der Waals surface area contributed by atoms with Gasteiger partial charge in [0, 0.05) is 19.2 Å². The fourth-order valence-electron chi connectivity index (χ4n) is 2.77. The Bertz CT molecular complexity index is 285. The average molecular weight is 206 g/mol. The predicted molar refractivity (Wildman–Crippen MR) is 65.1 cm³/mol. The molecule has 1 heterocycles. The Hall–Kier alpha value is -0.790. The van der Waals surface area contributed by atoms with E-state index in [1.165, 1.54) is 50.1 Å². The number of hydrogen-bond acceptors (Lipinski definition) is 2. The molecule has 0 aromatic heterocycles. The van der Waals surface area contributed by atoms with Crippen LogP contribution in [0.3, 0.4) is 0 Å². The lowest BCUT2D eigenvalue weighted by atomic mass is 9.96. The molecule has 1 saturated carbocycles. The molecule has 0 aromatic carbocycles. The van der Waals surface area contributed by atoms with Crippen molar-refractivity contribution in [2.24, 2.45) is 4.99 Å². The van der Waals surface area contributed by atoms with Gasteiger partial charge in [-0.15, -0.1) is 0 Å². The van der Waals surface area contributed by atoms with E-state index in [1.807, 2.05) is 0 Å². The highest BCUT2D eigenvalue weighted by Crippen LogP contribution is 2.43. The maximum absolute atomic E-state index is 4.96. The van der Waals surface area contributed by atoms with E-state index in [2.05, 4.69) is 25.5 Å². The van der Waals surface area contributed by atoms with Gasteiger partial charge in [0.05, 0.1) is 0 Å². The van der Waals surface area contributed by atoms with Crippen LogP contribution in [0.4, 0.5) is 0 Å². The van der Waals surface area contributed by atoms with E-state index in [0.29, 0.717) is 0 Å². The summed E-state index contributed by atoms with van der Waals surface area (Å²) in [5, 5.41) is 0. The van der Waals surface area contributed by atoms with Crippen LogP contribution in [0.15, 0.2) is 17.3 Å². The maximum atomic E-state index is 4.96. The Morgan fingerprint density at radius 2 is 2.07 bits per heavy atom. The molecule has 2 rings (SSSR count). The van der Waals surface area contributed by atoms with E-state index < -0.39 is 0 Å². The summed E-state index contributed by atoms with van der Waals surface area (Å²) in [6.07, 6.45) is 8.67. The molecule has 0 radical (unpaired) electrons. The lowest BCUT2D eigenvalue weighted by Gasteiger charge is -2.24. The number of likely N-dealkylation sites (N-methyl/N-ethyl adjacent to an activating group) is 1. The van der Waals surface area contributed by atoms with E-state index in [-0.39, 0.29) is 5.54 Å². The number of rotatable bonds is 3. The Balaban J connectivity index is 2.14. The summed E-state index contributed by atoms with van der Waals surface area (Å²) in [6, 6.07) is 0. The van der Waals surface area contributed by atoms with Gasteiger partial charge in [-0.25, -0.2) is 0 Å². The first kappa shape index (κ1) is 10.7. The van der Waals surface area contributed by atoms with Gasteiger partial charge in [-0.1, -0.05) is 32.8 Å². The first-order valence-corrected chi connectivity index (χ1v) is 6.21. The minimum atomic E-state index is 0.109. The van der Waals surface area contributed by atoms with Gasteiger partial charge in [-0.2, -0.15) is 0 Å². The maximum Gasteiger partial charge on any atom is 0.104 e. The van der Waals surface area contributed by atoms with E-state index in [4.69, 9.17) is 4.99 Å². The van der Waals surface area contributed by atoms with Crippen molar-refractivity contribution in [1.29, 1.82) is 0 Å². The van der Waals surface area contributed by atoms with Crippen LogP contribution in [0.2, 0.25) is 0 Å². The number of amidine groups is 1. The SMILES string of the molecule is C=C1N(C)C(CCCC)=NC12CCCC2. The van der Waals surface area contributed by atoms with Crippen LogP contribution in [0.25, 0.3) is 0 Å². The standard InChI is InChI=1S/C13H22N2/c1-4-5-8-12-14-13(9-6-7-10-13)11(2)15(12)3/h2,4-10H2,1,3H3. The lowest BCUT2D eigenvalue weighted by molar-refractivity contribution is 0.469. The number of unbranched alkanes of at least 4 members (excludes halogenated alkanes) is 1. The molecule has 1 spiro atoms.